The van der Waals surface area contributed by atoms with Gasteiger partial charge in [-0.1, -0.05) is 6.07 Å². The van der Waals surface area contributed by atoms with Crippen molar-refractivity contribution in [3.05, 3.63) is 47.8 Å². The molecule has 0 fully saturated rings. The maximum absolute atomic E-state index is 14.0. The van der Waals surface area contributed by atoms with Crippen LogP contribution in [0.5, 0.6) is 0 Å². The molecule has 112 valence electrons. The molecule has 1 heterocycles. The number of anilines is 3. The lowest BCUT2D eigenvalue weighted by molar-refractivity contribution is 0.574. The average Bonchev–Trinajstić information content (AvgIpc) is 2.44. The Morgan fingerprint density at radius 2 is 1.86 bits per heavy atom. The summed E-state index contributed by atoms with van der Waals surface area (Å²) >= 11 is 0. The average molecular weight is 295 g/mol. The zero-order valence-corrected chi connectivity index (χ0v) is 11.8. The van der Waals surface area contributed by atoms with Crippen LogP contribution in [0, 0.1) is 17.5 Å². The molecule has 0 aliphatic rings. The van der Waals surface area contributed by atoms with E-state index < -0.39 is 17.5 Å². The fourth-order valence-corrected chi connectivity index (χ4v) is 2.04. The third-order valence-electron chi connectivity index (χ3n) is 2.95. The second-order valence-electron chi connectivity index (χ2n) is 4.38. The Labute approximate surface area is 121 Å². The van der Waals surface area contributed by atoms with Crippen molar-refractivity contribution in [3.8, 4) is 0 Å². The van der Waals surface area contributed by atoms with Crippen LogP contribution in [0.25, 0.3) is 0 Å². The van der Waals surface area contributed by atoms with Gasteiger partial charge in [-0.2, -0.15) is 0 Å². The molecule has 1 aromatic carbocycles. The van der Waals surface area contributed by atoms with Gasteiger partial charge >= 0.3 is 0 Å². The highest BCUT2D eigenvalue weighted by Crippen LogP contribution is 2.28. The smallest absolute Gasteiger partial charge is 0.171 e. The van der Waals surface area contributed by atoms with Gasteiger partial charge in [-0.15, -0.1) is 0 Å². The summed E-state index contributed by atoms with van der Waals surface area (Å²) in [7, 11) is 0. The van der Waals surface area contributed by atoms with Gasteiger partial charge in [0.15, 0.2) is 23.3 Å². The molecule has 1 aromatic heterocycles. The fourth-order valence-electron chi connectivity index (χ4n) is 2.04. The van der Waals surface area contributed by atoms with E-state index in [0.29, 0.717) is 18.8 Å². The van der Waals surface area contributed by atoms with Gasteiger partial charge in [0.25, 0.3) is 0 Å². The minimum Gasteiger partial charge on any atom is -0.368 e. The van der Waals surface area contributed by atoms with E-state index in [4.69, 9.17) is 0 Å². The molecule has 2 aromatic rings. The third-order valence-corrected chi connectivity index (χ3v) is 2.95. The van der Waals surface area contributed by atoms with Crippen molar-refractivity contribution >= 4 is 17.3 Å². The minimum atomic E-state index is -0.791. The number of rotatable bonds is 5. The largest absolute Gasteiger partial charge is 0.368 e. The Morgan fingerprint density at radius 3 is 2.48 bits per heavy atom. The standard InChI is InChI=1S/C15H16F3N3/c1-3-19-14-12(17)9-13(18)15(20-14)21(4-2)11-7-5-6-10(16)8-11/h5-9H,3-4H2,1-2H3,(H,19,20). The molecule has 6 heteroatoms. The highest BCUT2D eigenvalue weighted by molar-refractivity contribution is 5.62. The topological polar surface area (TPSA) is 28.2 Å². The highest BCUT2D eigenvalue weighted by Gasteiger charge is 2.18. The van der Waals surface area contributed by atoms with Crippen LogP contribution in [0.4, 0.5) is 30.5 Å². The number of benzene rings is 1. The first kappa shape index (κ1) is 15.2. The predicted octanol–water partition coefficient (Wildman–Crippen LogP) is 4.09. The van der Waals surface area contributed by atoms with Crippen LogP contribution < -0.4 is 10.2 Å². The van der Waals surface area contributed by atoms with Crippen LogP contribution in [-0.4, -0.2) is 18.1 Å². The van der Waals surface area contributed by atoms with Gasteiger partial charge in [0.2, 0.25) is 0 Å². The summed E-state index contributed by atoms with van der Waals surface area (Å²) < 4.78 is 41.0. The summed E-state index contributed by atoms with van der Waals surface area (Å²) in [5.74, 6) is -2.04. The van der Waals surface area contributed by atoms with E-state index in [1.54, 1.807) is 19.9 Å². The monoisotopic (exact) mass is 295 g/mol. The van der Waals surface area contributed by atoms with Crippen molar-refractivity contribution in [2.24, 2.45) is 0 Å². The van der Waals surface area contributed by atoms with Crippen molar-refractivity contribution in [2.45, 2.75) is 13.8 Å². The molecule has 0 atom stereocenters. The molecule has 0 aliphatic carbocycles. The van der Waals surface area contributed by atoms with E-state index >= 15 is 0 Å². The first-order valence-electron chi connectivity index (χ1n) is 6.69. The Hall–Kier alpha value is -2.24. The number of hydrogen-bond donors (Lipinski definition) is 1. The van der Waals surface area contributed by atoms with Gasteiger partial charge in [0, 0.05) is 24.8 Å². The van der Waals surface area contributed by atoms with Gasteiger partial charge < -0.3 is 10.2 Å². The van der Waals surface area contributed by atoms with E-state index in [-0.39, 0.29) is 11.6 Å². The molecule has 0 amide bonds. The molecule has 0 bridgehead atoms. The lowest BCUT2D eigenvalue weighted by Crippen LogP contribution is -2.20. The zero-order valence-electron chi connectivity index (χ0n) is 11.8. The quantitative estimate of drug-likeness (QED) is 0.900. The summed E-state index contributed by atoms with van der Waals surface area (Å²) in [6.07, 6.45) is 0. The summed E-state index contributed by atoms with van der Waals surface area (Å²) in [6.45, 7) is 4.39. The fraction of sp³-hybridized carbons (Fsp3) is 0.267. The van der Waals surface area contributed by atoms with Gasteiger partial charge in [-0.25, -0.2) is 18.2 Å². The number of aromatic nitrogens is 1. The number of hydrogen-bond acceptors (Lipinski definition) is 3. The predicted molar refractivity (Wildman–Crippen MR) is 77.4 cm³/mol. The van der Waals surface area contributed by atoms with Gasteiger partial charge in [0.1, 0.15) is 5.82 Å². The molecule has 0 saturated carbocycles. The van der Waals surface area contributed by atoms with E-state index in [1.807, 2.05) is 0 Å². The molecule has 1 N–H and O–H groups in total. The van der Waals surface area contributed by atoms with Crippen molar-refractivity contribution in [2.75, 3.05) is 23.3 Å². The van der Waals surface area contributed by atoms with Crippen LogP contribution >= 0.6 is 0 Å². The molecule has 2 rings (SSSR count). The Kier molecular flexibility index (Phi) is 4.67. The molecule has 0 radical (unpaired) electrons. The summed E-state index contributed by atoms with van der Waals surface area (Å²) in [5.41, 5.74) is 0.456. The summed E-state index contributed by atoms with van der Waals surface area (Å²) in [5, 5.41) is 2.73. The second kappa shape index (κ2) is 6.47. The molecular formula is C15H16F3N3. The molecule has 3 nitrogen and oxygen atoms in total. The van der Waals surface area contributed by atoms with Crippen LogP contribution in [0.1, 0.15) is 13.8 Å². The number of halogens is 3. The maximum Gasteiger partial charge on any atom is 0.171 e. The van der Waals surface area contributed by atoms with Gasteiger partial charge in [-0.05, 0) is 32.0 Å². The van der Waals surface area contributed by atoms with Crippen LogP contribution in [-0.2, 0) is 0 Å². The van der Waals surface area contributed by atoms with Crippen LogP contribution in [0.2, 0.25) is 0 Å². The minimum absolute atomic E-state index is 0.0243. The third kappa shape index (κ3) is 3.26. The first-order valence-corrected chi connectivity index (χ1v) is 6.69. The molecule has 0 saturated heterocycles. The second-order valence-corrected chi connectivity index (χ2v) is 4.38. The number of pyridine rings is 1. The molecule has 21 heavy (non-hydrogen) atoms. The van der Waals surface area contributed by atoms with E-state index in [0.717, 1.165) is 6.07 Å². The molecular weight excluding hydrogens is 279 g/mol. The normalized spacial score (nSPS) is 10.5. The molecule has 0 unspecified atom stereocenters. The van der Waals surface area contributed by atoms with Crippen molar-refractivity contribution < 1.29 is 13.2 Å². The van der Waals surface area contributed by atoms with E-state index in [1.165, 1.54) is 23.1 Å². The van der Waals surface area contributed by atoms with Gasteiger partial charge in [0.05, 0.1) is 0 Å². The first-order chi connectivity index (χ1) is 10.1. The van der Waals surface area contributed by atoms with Crippen LogP contribution in [0.3, 0.4) is 0 Å². The Balaban J connectivity index is 2.49. The summed E-state index contributed by atoms with van der Waals surface area (Å²) in [4.78, 5) is 5.47. The van der Waals surface area contributed by atoms with E-state index in [2.05, 4.69) is 10.3 Å². The zero-order chi connectivity index (χ0) is 15.4. The lowest BCUT2D eigenvalue weighted by Gasteiger charge is -2.23. The van der Waals surface area contributed by atoms with Crippen LogP contribution in [0.15, 0.2) is 30.3 Å². The maximum atomic E-state index is 14.0. The highest BCUT2D eigenvalue weighted by atomic mass is 19.1. The van der Waals surface area contributed by atoms with Crippen molar-refractivity contribution in [1.82, 2.24) is 4.98 Å². The number of nitrogens with one attached hydrogen (secondary N) is 1. The van der Waals surface area contributed by atoms with Crippen molar-refractivity contribution in [3.63, 3.8) is 0 Å². The number of nitrogens with zero attached hydrogens (tertiary/aromatic N) is 2. The SMILES string of the molecule is CCNc1nc(N(CC)c2cccc(F)c2)c(F)cc1F. The van der Waals surface area contributed by atoms with Gasteiger partial charge in [-0.3, -0.25) is 0 Å². The molecule has 0 spiro atoms. The van der Waals surface area contributed by atoms with E-state index in [9.17, 15) is 13.2 Å². The molecule has 0 aliphatic heterocycles. The van der Waals surface area contributed by atoms with Crippen molar-refractivity contribution in [1.29, 1.82) is 0 Å². The lowest BCUT2D eigenvalue weighted by atomic mass is 10.2. The Bertz CT molecular complexity index is 632. The Morgan fingerprint density at radius 1 is 1.10 bits per heavy atom. The summed E-state index contributed by atoms with van der Waals surface area (Å²) in [6, 6.07) is 6.53.